The summed E-state index contributed by atoms with van der Waals surface area (Å²) in [6.07, 6.45) is 2.22. The van der Waals surface area contributed by atoms with E-state index in [1.165, 1.54) is 11.3 Å². The first-order valence-electron chi connectivity index (χ1n) is 6.71. The average Bonchev–Trinajstić information content (AvgIpc) is 2.44. The second kappa shape index (κ2) is 5.55. The highest BCUT2D eigenvalue weighted by molar-refractivity contribution is 6.42. The van der Waals surface area contributed by atoms with Gasteiger partial charge in [-0.05, 0) is 48.2 Å². The molecule has 20 heavy (non-hydrogen) atoms. The molecule has 0 fully saturated rings. The molecule has 1 aliphatic rings. The number of anilines is 2. The predicted molar refractivity (Wildman–Crippen MR) is 86.7 cm³/mol. The molecule has 0 saturated heterocycles. The molecule has 1 heterocycles. The van der Waals surface area contributed by atoms with Crippen LogP contribution in [0, 0.1) is 0 Å². The van der Waals surface area contributed by atoms with Crippen molar-refractivity contribution < 1.29 is 0 Å². The molecule has 0 saturated carbocycles. The number of aryl methyl sites for hydroxylation is 1. The van der Waals surface area contributed by atoms with Gasteiger partial charge in [0.15, 0.2) is 0 Å². The van der Waals surface area contributed by atoms with Gasteiger partial charge in [0, 0.05) is 24.5 Å². The molecule has 0 aliphatic carbocycles. The molecule has 0 atom stereocenters. The van der Waals surface area contributed by atoms with Crippen LogP contribution in [0.3, 0.4) is 0 Å². The van der Waals surface area contributed by atoms with E-state index < -0.39 is 0 Å². The van der Waals surface area contributed by atoms with Gasteiger partial charge in [0.1, 0.15) is 0 Å². The molecule has 0 spiro atoms. The zero-order valence-electron chi connectivity index (χ0n) is 11.1. The van der Waals surface area contributed by atoms with Crippen LogP contribution in [0.4, 0.5) is 11.4 Å². The van der Waals surface area contributed by atoms with Crippen LogP contribution in [0.25, 0.3) is 0 Å². The Morgan fingerprint density at radius 2 is 2.00 bits per heavy atom. The van der Waals surface area contributed by atoms with E-state index >= 15 is 0 Å². The first-order chi connectivity index (χ1) is 9.65. The summed E-state index contributed by atoms with van der Waals surface area (Å²) in [5.41, 5.74) is 10.3. The van der Waals surface area contributed by atoms with Crippen molar-refractivity contribution in [2.75, 3.05) is 17.2 Å². The maximum absolute atomic E-state index is 6.29. The molecule has 4 heteroatoms. The third-order valence-corrected chi connectivity index (χ3v) is 4.57. The lowest BCUT2D eigenvalue weighted by atomic mass is 10.0. The third kappa shape index (κ3) is 2.58. The van der Waals surface area contributed by atoms with E-state index in [0.29, 0.717) is 10.0 Å². The Hall–Kier alpha value is -1.38. The smallest absolute Gasteiger partial charge is 0.0642 e. The van der Waals surface area contributed by atoms with Gasteiger partial charge in [0.25, 0.3) is 0 Å². The fourth-order valence-electron chi connectivity index (χ4n) is 2.74. The van der Waals surface area contributed by atoms with Crippen LogP contribution in [-0.2, 0) is 13.0 Å². The van der Waals surface area contributed by atoms with Crippen LogP contribution in [-0.4, -0.2) is 6.54 Å². The monoisotopic (exact) mass is 306 g/mol. The van der Waals surface area contributed by atoms with Crippen molar-refractivity contribution >= 4 is 34.6 Å². The van der Waals surface area contributed by atoms with Gasteiger partial charge in [-0.3, -0.25) is 0 Å². The standard InChI is InChI=1S/C16H16Cl2N2/c17-14-5-1-3-12(16(14)18)10-20-8-2-4-11-9-13(19)6-7-15(11)20/h1,3,5-7,9H,2,4,8,10,19H2. The van der Waals surface area contributed by atoms with Gasteiger partial charge >= 0.3 is 0 Å². The summed E-state index contributed by atoms with van der Waals surface area (Å²) in [5, 5.41) is 1.26. The molecule has 0 unspecified atom stereocenters. The van der Waals surface area contributed by atoms with Crippen LogP contribution < -0.4 is 10.6 Å². The Morgan fingerprint density at radius 1 is 1.15 bits per heavy atom. The van der Waals surface area contributed by atoms with E-state index in [2.05, 4.69) is 17.0 Å². The summed E-state index contributed by atoms with van der Waals surface area (Å²) < 4.78 is 0. The maximum atomic E-state index is 6.29. The van der Waals surface area contributed by atoms with Gasteiger partial charge in [-0.2, -0.15) is 0 Å². The number of hydrogen-bond donors (Lipinski definition) is 1. The first kappa shape index (κ1) is 13.6. The number of rotatable bonds is 2. The minimum absolute atomic E-state index is 0.610. The van der Waals surface area contributed by atoms with E-state index in [9.17, 15) is 0 Å². The summed E-state index contributed by atoms with van der Waals surface area (Å²) in [6.45, 7) is 1.80. The van der Waals surface area contributed by atoms with Gasteiger partial charge in [0.05, 0.1) is 10.0 Å². The Kier molecular flexibility index (Phi) is 3.77. The number of hydrogen-bond acceptors (Lipinski definition) is 2. The average molecular weight is 307 g/mol. The van der Waals surface area contributed by atoms with Gasteiger partial charge in [0.2, 0.25) is 0 Å². The van der Waals surface area contributed by atoms with E-state index in [1.807, 2.05) is 24.3 Å². The Balaban J connectivity index is 1.91. The van der Waals surface area contributed by atoms with E-state index in [-0.39, 0.29) is 0 Å². The van der Waals surface area contributed by atoms with Crippen LogP contribution >= 0.6 is 23.2 Å². The maximum Gasteiger partial charge on any atom is 0.0642 e. The Labute approximate surface area is 129 Å². The largest absolute Gasteiger partial charge is 0.399 e. The molecule has 3 rings (SSSR count). The number of halogens is 2. The SMILES string of the molecule is Nc1ccc2c(c1)CCCN2Cc1cccc(Cl)c1Cl. The molecule has 2 N–H and O–H groups in total. The molecule has 0 bridgehead atoms. The minimum Gasteiger partial charge on any atom is -0.399 e. The van der Waals surface area contributed by atoms with Crippen molar-refractivity contribution in [3.63, 3.8) is 0 Å². The summed E-state index contributed by atoms with van der Waals surface area (Å²) in [4.78, 5) is 2.34. The van der Waals surface area contributed by atoms with Crippen molar-refractivity contribution in [2.24, 2.45) is 0 Å². The van der Waals surface area contributed by atoms with Crippen molar-refractivity contribution in [3.05, 3.63) is 57.6 Å². The highest BCUT2D eigenvalue weighted by atomic mass is 35.5. The van der Waals surface area contributed by atoms with E-state index in [4.69, 9.17) is 28.9 Å². The minimum atomic E-state index is 0.610. The van der Waals surface area contributed by atoms with Crippen molar-refractivity contribution in [2.45, 2.75) is 19.4 Å². The number of fused-ring (bicyclic) bond motifs is 1. The summed E-state index contributed by atoms with van der Waals surface area (Å²) in [5.74, 6) is 0. The van der Waals surface area contributed by atoms with Crippen molar-refractivity contribution in [1.29, 1.82) is 0 Å². The van der Waals surface area contributed by atoms with Gasteiger partial charge in [-0.15, -0.1) is 0 Å². The molecule has 2 aromatic carbocycles. The van der Waals surface area contributed by atoms with Crippen molar-refractivity contribution in [1.82, 2.24) is 0 Å². The topological polar surface area (TPSA) is 29.3 Å². The van der Waals surface area contributed by atoms with Gasteiger partial charge in [-0.1, -0.05) is 35.3 Å². The van der Waals surface area contributed by atoms with Crippen molar-refractivity contribution in [3.8, 4) is 0 Å². The summed E-state index contributed by atoms with van der Waals surface area (Å²) in [7, 11) is 0. The molecule has 2 nitrogen and oxygen atoms in total. The number of benzene rings is 2. The summed E-state index contributed by atoms with van der Waals surface area (Å²) >= 11 is 12.4. The number of nitrogen functional groups attached to an aromatic ring is 1. The number of nitrogens with two attached hydrogens (primary N) is 1. The van der Waals surface area contributed by atoms with Crippen LogP contribution in [0.5, 0.6) is 0 Å². The van der Waals surface area contributed by atoms with Gasteiger partial charge < -0.3 is 10.6 Å². The lowest BCUT2D eigenvalue weighted by Gasteiger charge is -2.32. The Morgan fingerprint density at radius 3 is 2.85 bits per heavy atom. The third-order valence-electron chi connectivity index (χ3n) is 3.71. The lowest BCUT2D eigenvalue weighted by molar-refractivity contribution is 0.691. The fraction of sp³-hybridized carbons (Fsp3) is 0.250. The zero-order valence-corrected chi connectivity index (χ0v) is 12.6. The first-order valence-corrected chi connectivity index (χ1v) is 7.47. The van der Waals surface area contributed by atoms with Crippen LogP contribution in [0.1, 0.15) is 17.5 Å². The highest BCUT2D eigenvalue weighted by Crippen LogP contribution is 2.32. The molecule has 0 amide bonds. The molecule has 1 aliphatic heterocycles. The molecule has 0 aromatic heterocycles. The normalized spacial score (nSPS) is 14.2. The molecular formula is C16H16Cl2N2. The molecule has 2 aromatic rings. The Bertz CT molecular complexity index is 640. The fourth-order valence-corrected chi connectivity index (χ4v) is 3.12. The summed E-state index contributed by atoms with van der Waals surface area (Å²) in [6, 6.07) is 11.9. The number of nitrogens with zero attached hydrogens (tertiary/aromatic N) is 1. The second-order valence-electron chi connectivity index (χ2n) is 5.13. The lowest BCUT2D eigenvalue weighted by Crippen LogP contribution is -2.29. The second-order valence-corrected chi connectivity index (χ2v) is 5.91. The quantitative estimate of drug-likeness (QED) is 0.826. The zero-order chi connectivity index (χ0) is 14.1. The van der Waals surface area contributed by atoms with Gasteiger partial charge in [-0.25, -0.2) is 0 Å². The van der Waals surface area contributed by atoms with Crippen LogP contribution in [0.2, 0.25) is 10.0 Å². The van der Waals surface area contributed by atoms with Crippen LogP contribution in [0.15, 0.2) is 36.4 Å². The van der Waals surface area contributed by atoms with E-state index in [1.54, 1.807) is 0 Å². The van der Waals surface area contributed by atoms with E-state index in [0.717, 1.165) is 37.2 Å². The molecule has 0 radical (unpaired) electrons. The highest BCUT2D eigenvalue weighted by Gasteiger charge is 2.18. The molecular weight excluding hydrogens is 291 g/mol. The molecule has 104 valence electrons. The predicted octanol–water partition coefficient (Wildman–Crippen LogP) is 4.53.